The summed E-state index contributed by atoms with van der Waals surface area (Å²) in [6.07, 6.45) is 7.99. The molecule has 3 fully saturated rings. The zero-order valence-corrected chi connectivity index (χ0v) is 14.0. The van der Waals surface area contributed by atoms with E-state index < -0.39 is 0 Å². The van der Waals surface area contributed by atoms with Gasteiger partial charge < -0.3 is 19.6 Å². The summed E-state index contributed by atoms with van der Waals surface area (Å²) in [6, 6.07) is 0.290. The molecule has 2 atom stereocenters. The highest BCUT2D eigenvalue weighted by Crippen LogP contribution is 2.34. The van der Waals surface area contributed by atoms with Gasteiger partial charge in [0.1, 0.15) is 0 Å². The molecule has 6 nitrogen and oxygen atoms in total. The van der Waals surface area contributed by atoms with Crippen molar-refractivity contribution in [1.82, 2.24) is 5.32 Å². The summed E-state index contributed by atoms with van der Waals surface area (Å²) < 4.78 is 11.4. The van der Waals surface area contributed by atoms with E-state index in [2.05, 4.69) is 17.4 Å². The normalized spacial score (nSPS) is 30.2. The Morgan fingerprint density at radius 2 is 1.96 bits per heavy atom. The van der Waals surface area contributed by atoms with Crippen LogP contribution in [0.1, 0.15) is 58.3 Å². The standard InChI is InChI=1S/C17H28N2O4/c1-13-4-2-3-5-15(13)18-16(20)12-23-19-14-6-8-17(9-7-14)21-10-11-22-17/h13,15H,2-12H2,1H3,(H,18,20). The third-order valence-corrected chi connectivity index (χ3v) is 5.25. The molecule has 2 saturated carbocycles. The van der Waals surface area contributed by atoms with Crippen molar-refractivity contribution in [3.05, 3.63) is 0 Å². The third kappa shape index (κ3) is 4.44. The Morgan fingerprint density at radius 1 is 1.26 bits per heavy atom. The van der Waals surface area contributed by atoms with Crippen LogP contribution in [0.15, 0.2) is 5.16 Å². The molecule has 0 aromatic rings. The number of carbonyl (C=O) groups excluding carboxylic acids is 1. The van der Waals surface area contributed by atoms with Gasteiger partial charge in [-0.1, -0.05) is 24.9 Å². The lowest BCUT2D eigenvalue weighted by molar-refractivity contribution is -0.168. The molecule has 1 heterocycles. The van der Waals surface area contributed by atoms with Gasteiger partial charge in [0.2, 0.25) is 0 Å². The third-order valence-electron chi connectivity index (χ3n) is 5.25. The average Bonchev–Trinajstić information content (AvgIpc) is 3.00. The summed E-state index contributed by atoms with van der Waals surface area (Å²) >= 11 is 0. The van der Waals surface area contributed by atoms with Gasteiger partial charge in [-0.15, -0.1) is 0 Å². The van der Waals surface area contributed by atoms with Crippen LogP contribution in [0.2, 0.25) is 0 Å². The van der Waals surface area contributed by atoms with E-state index in [0.717, 1.165) is 37.8 Å². The quantitative estimate of drug-likeness (QED) is 0.806. The molecular weight excluding hydrogens is 296 g/mol. The van der Waals surface area contributed by atoms with Crippen molar-refractivity contribution in [3.63, 3.8) is 0 Å². The van der Waals surface area contributed by atoms with Crippen LogP contribution in [-0.2, 0) is 19.1 Å². The van der Waals surface area contributed by atoms with Crippen molar-refractivity contribution >= 4 is 11.6 Å². The molecular formula is C17H28N2O4. The maximum atomic E-state index is 12.0. The largest absolute Gasteiger partial charge is 0.386 e. The van der Waals surface area contributed by atoms with Crippen molar-refractivity contribution in [3.8, 4) is 0 Å². The molecule has 1 N–H and O–H groups in total. The second-order valence-corrected chi connectivity index (χ2v) is 6.97. The maximum absolute atomic E-state index is 12.0. The first-order valence-corrected chi connectivity index (χ1v) is 8.92. The first kappa shape index (κ1) is 16.7. The number of nitrogens with one attached hydrogen (secondary N) is 1. The number of amides is 1. The van der Waals surface area contributed by atoms with E-state index in [1.54, 1.807) is 0 Å². The summed E-state index contributed by atoms with van der Waals surface area (Å²) in [5.74, 6) is 0.107. The Balaban J connectivity index is 1.36. The van der Waals surface area contributed by atoms with Crippen LogP contribution < -0.4 is 5.32 Å². The SMILES string of the molecule is CC1CCCCC1NC(=O)CON=C1CCC2(CC1)OCCO2. The van der Waals surface area contributed by atoms with E-state index in [1.165, 1.54) is 19.3 Å². The van der Waals surface area contributed by atoms with E-state index in [0.29, 0.717) is 25.2 Å². The number of hydrogen-bond donors (Lipinski definition) is 1. The molecule has 2 aliphatic carbocycles. The smallest absolute Gasteiger partial charge is 0.261 e. The molecule has 1 spiro atoms. The number of ether oxygens (including phenoxy) is 2. The molecule has 1 aliphatic heterocycles. The highest BCUT2D eigenvalue weighted by atomic mass is 16.7. The molecule has 130 valence electrons. The van der Waals surface area contributed by atoms with Crippen LogP contribution in [0.3, 0.4) is 0 Å². The lowest BCUT2D eigenvalue weighted by Gasteiger charge is -2.31. The van der Waals surface area contributed by atoms with Crippen molar-refractivity contribution in [2.24, 2.45) is 11.1 Å². The highest BCUT2D eigenvalue weighted by Gasteiger charge is 2.39. The van der Waals surface area contributed by atoms with Gasteiger partial charge in [0.15, 0.2) is 12.4 Å². The predicted octanol–water partition coefficient (Wildman–Crippen LogP) is 2.37. The first-order chi connectivity index (χ1) is 11.2. The van der Waals surface area contributed by atoms with Gasteiger partial charge in [0, 0.05) is 18.9 Å². The topological polar surface area (TPSA) is 69.2 Å². The molecule has 2 unspecified atom stereocenters. The van der Waals surface area contributed by atoms with E-state index in [-0.39, 0.29) is 18.3 Å². The molecule has 1 saturated heterocycles. The van der Waals surface area contributed by atoms with Crippen LogP contribution in [0.5, 0.6) is 0 Å². The molecule has 23 heavy (non-hydrogen) atoms. The summed E-state index contributed by atoms with van der Waals surface area (Å²) in [7, 11) is 0. The number of nitrogens with zero attached hydrogens (tertiary/aromatic N) is 1. The molecule has 0 radical (unpaired) electrons. The maximum Gasteiger partial charge on any atom is 0.261 e. The predicted molar refractivity (Wildman–Crippen MR) is 86.1 cm³/mol. The zero-order chi connectivity index (χ0) is 16.1. The van der Waals surface area contributed by atoms with Gasteiger partial charge in [0.25, 0.3) is 5.91 Å². The molecule has 3 aliphatic rings. The highest BCUT2D eigenvalue weighted by molar-refractivity contribution is 5.85. The molecule has 0 aromatic carbocycles. The Hall–Kier alpha value is -1.14. The number of oxime groups is 1. The fourth-order valence-corrected chi connectivity index (χ4v) is 3.76. The average molecular weight is 324 g/mol. The van der Waals surface area contributed by atoms with Gasteiger partial charge in [-0.2, -0.15) is 0 Å². The summed E-state index contributed by atoms with van der Waals surface area (Å²) in [6.45, 7) is 3.58. The van der Waals surface area contributed by atoms with E-state index in [1.807, 2.05) is 0 Å². The minimum atomic E-state index is -0.381. The summed E-state index contributed by atoms with van der Waals surface area (Å²) in [5.41, 5.74) is 0.994. The molecule has 0 bridgehead atoms. The van der Waals surface area contributed by atoms with Crippen LogP contribution in [-0.4, -0.2) is 43.3 Å². The van der Waals surface area contributed by atoms with Crippen LogP contribution >= 0.6 is 0 Å². The Kier molecular flexibility index (Phi) is 5.54. The van der Waals surface area contributed by atoms with Crippen molar-refractivity contribution < 1.29 is 19.1 Å². The fraction of sp³-hybridized carbons (Fsp3) is 0.882. The van der Waals surface area contributed by atoms with E-state index >= 15 is 0 Å². The Bertz CT molecular complexity index is 434. The van der Waals surface area contributed by atoms with E-state index in [9.17, 15) is 4.79 Å². The summed E-state index contributed by atoms with van der Waals surface area (Å²) in [4.78, 5) is 17.2. The molecule has 6 heteroatoms. The second-order valence-electron chi connectivity index (χ2n) is 6.97. The van der Waals surface area contributed by atoms with Crippen molar-refractivity contribution in [2.45, 2.75) is 70.1 Å². The van der Waals surface area contributed by atoms with Gasteiger partial charge >= 0.3 is 0 Å². The van der Waals surface area contributed by atoms with Gasteiger partial charge in [0.05, 0.1) is 18.9 Å². The van der Waals surface area contributed by atoms with Crippen LogP contribution in [0.4, 0.5) is 0 Å². The number of carbonyl (C=O) groups is 1. The van der Waals surface area contributed by atoms with Gasteiger partial charge in [-0.25, -0.2) is 0 Å². The minimum Gasteiger partial charge on any atom is -0.386 e. The van der Waals surface area contributed by atoms with Crippen LogP contribution in [0, 0.1) is 5.92 Å². The Morgan fingerprint density at radius 3 is 2.65 bits per heavy atom. The first-order valence-electron chi connectivity index (χ1n) is 8.92. The monoisotopic (exact) mass is 324 g/mol. The molecule has 1 amide bonds. The van der Waals surface area contributed by atoms with Crippen LogP contribution in [0.25, 0.3) is 0 Å². The lowest BCUT2D eigenvalue weighted by atomic mass is 9.86. The molecule has 0 aromatic heterocycles. The fourth-order valence-electron chi connectivity index (χ4n) is 3.76. The second kappa shape index (κ2) is 7.62. The summed E-state index contributed by atoms with van der Waals surface area (Å²) in [5, 5.41) is 7.21. The zero-order valence-electron chi connectivity index (χ0n) is 14.0. The van der Waals surface area contributed by atoms with Gasteiger partial charge in [-0.05, 0) is 31.6 Å². The number of rotatable bonds is 4. The van der Waals surface area contributed by atoms with E-state index in [4.69, 9.17) is 14.3 Å². The number of hydrogen-bond acceptors (Lipinski definition) is 5. The van der Waals surface area contributed by atoms with Gasteiger partial charge in [-0.3, -0.25) is 4.79 Å². The Labute approximate surface area is 137 Å². The molecule has 3 rings (SSSR count). The lowest BCUT2D eigenvalue weighted by Crippen LogP contribution is -2.42. The minimum absolute atomic E-state index is 0.00482. The van der Waals surface area contributed by atoms with Crippen molar-refractivity contribution in [1.29, 1.82) is 0 Å². The van der Waals surface area contributed by atoms with Crippen molar-refractivity contribution in [2.75, 3.05) is 19.8 Å².